The Kier molecular flexibility index (Phi) is 3.77. The lowest BCUT2D eigenvalue weighted by Crippen LogP contribution is -2.32. The van der Waals surface area contributed by atoms with E-state index in [4.69, 9.17) is 0 Å². The topological polar surface area (TPSA) is 66.8 Å². The minimum atomic E-state index is -0.0159. The van der Waals surface area contributed by atoms with Crippen molar-refractivity contribution < 1.29 is 4.79 Å². The van der Waals surface area contributed by atoms with Gasteiger partial charge in [0.05, 0.1) is 18.3 Å². The number of carbonyl (C=O) groups excluding carboxylic acids is 1. The highest BCUT2D eigenvalue weighted by Gasteiger charge is 2.33. The van der Waals surface area contributed by atoms with Gasteiger partial charge in [0, 0.05) is 36.3 Å². The van der Waals surface area contributed by atoms with Crippen molar-refractivity contribution in [1.82, 2.24) is 19.2 Å². The van der Waals surface area contributed by atoms with Gasteiger partial charge in [-0.25, -0.2) is 0 Å². The lowest BCUT2D eigenvalue weighted by atomic mass is 10.1. The minimum absolute atomic E-state index is 0.0159. The Balaban J connectivity index is 1.74. The molecule has 1 aliphatic heterocycles. The molecule has 1 fully saturated rings. The Morgan fingerprint density at radius 3 is 3.00 bits per heavy atom. The molecule has 0 radical (unpaired) electrons. The van der Waals surface area contributed by atoms with E-state index >= 15 is 0 Å². The maximum atomic E-state index is 13.3. The first-order valence-corrected chi connectivity index (χ1v) is 8.44. The highest BCUT2D eigenvalue weighted by atomic mass is 16.2. The number of rotatable bonds is 3. The number of amides is 1. The number of nitriles is 1. The van der Waals surface area contributed by atoms with Gasteiger partial charge >= 0.3 is 0 Å². The molecule has 1 saturated heterocycles. The monoisotopic (exact) mass is 333 g/mol. The molecule has 2 aromatic heterocycles. The van der Waals surface area contributed by atoms with Crippen LogP contribution in [0.5, 0.6) is 0 Å². The molecular formula is C19H19N5O. The smallest absolute Gasteiger partial charge is 0.271 e. The maximum absolute atomic E-state index is 13.3. The number of aromatic nitrogens is 3. The van der Waals surface area contributed by atoms with Gasteiger partial charge in [0.15, 0.2) is 0 Å². The first-order chi connectivity index (χ1) is 12.2. The third kappa shape index (κ3) is 2.58. The summed E-state index contributed by atoms with van der Waals surface area (Å²) in [7, 11) is 1.88. The summed E-state index contributed by atoms with van der Waals surface area (Å²) < 4.78 is 3.58. The fourth-order valence-electron chi connectivity index (χ4n) is 3.74. The summed E-state index contributed by atoms with van der Waals surface area (Å²) in [5.74, 6) is -0.0159. The predicted molar refractivity (Wildman–Crippen MR) is 93.8 cm³/mol. The average Bonchev–Trinajstić information content (AvgIpc) is 3.33. The summed E-state index contributed by atoms with van der Waals surface area (Å²) in [6, 6.07) is 11.9. The van der Waals surface area contributed by atoms with Crippen LogP contribution in [0.1, 0.15) is 34.9 Å². The van der Waals surface area contributed by atoms with Gasteiger partial charge in [-0.1, -0.05) is 18.2 Å². The quantitative estimate of drug-likeness (QED) is 0.740. The van der Waals surface area contributed by atoms with Crippen molar-refractivity contribution in [3.8, 4) is 6.07 Å². The molecule has 0 spiro atoms. The molecular weight excluding hydrogens is 314 g/mol. The van der Waals surface area contributed by atoms with Crippen LogP contribution in [-0.2, 0) is 13.6 Å². The van der Waals surface area contributed by atoms with Crippen molar-refractivity contribution in [3.63, 3.8) is 0 Å². The number of nitrogens with zero attached hydrogens (tertiary/aromatic N) is 5. The third-order valence-electron chi connectivity index (χ3n) is 4.88. The second kappa shape index (κ2) is 6.10. The number of aryl methyl sites for hydroxylation is 1. The molecule has 6 heteroatoms. The van der Waals surface area contributed by atoms with E-state index in [0.717, 1.165) is 35.9 Å². The zero-order chi connectivity index (χ0) is 17.4. The van der Waals surface area contributed by atoms with Crippen molar-refractivity contribution >= 4 is 16.8 Å². The van der Waals surface area contributed by atoms with Crippen LogP contribution in [0, 0.1) is 11.3 Å². The van der Waals surface area contributed by atoms with Crippen LogP contribution < -0.4 is 0 Å². The minimum Gasteiger partial charge on any atom is -0.330 e. The molecule has 3 heterocycles. The number of carbonyl (C=O) groups is 1. The number of hydrogen-bond acceptors (Lipinski definition) is 3. The van der Waals surface area contributed by atoms with Crippen molar-refractivity contribution in [2.45, 2.75) is 25.4 Å². The Hall–Kier alpha value is -3.07. The Labute approximate surface area is 145 Å². The highest BCUT2D eigenvalue weighted by molar-refractivity contribution is 5.99. The van der Waals surface area contributed by atoms with Gasteiger partial charge in [-0.15, -0.1) is 0 Å². The summed E-state index contributed by atoms with van der Waals surface area (Å²) in [5, 5.41) is 14.4. The number of para-hydroxylation sites is 1. The molecule has 126 valence electrons. The van der Waals surface area contributed by atoms with E-state index in [9.17, 15) is 10.1 Å². The molecule has 3 aromatic rings. The van der Waals surface area contributed by atoms with E-state index in [2.05, 4.69) is 11.2 Å². The van der Waals surface area contributed by atoms with Gasteiger partial charge in [-0.2, -0.15) is 10.4 Å². The molecule has 0 aliphatic carbocycles. The molecule has 1 aliphatic rings. The first-order valence-electron chi connectivity index (χ1n) is 8.44. The number of likely N-dealkylation sites (tertiary alicyclic amines) is 1. The van der Waals surface area contributed by atoms with Gasteiger partial charge in [0.25, 0.3) is 5.91 Å². The van der Waals surface area contributed by atoms with Gasteiger partial charge in [0.2, 0.25) is 0 Å². The van der Waals surface area contributed by atoms with Crippen LogP contribution in [0.25, 0.3) is 10.9 Å². The van der Waals surface area contributed by atoms with Crippen LogP contribution >= 0.6 is 0 Å². The number of fused-ring (bicyclic) bond motifs is 1. The van der Waals surface area contributed by atoms with Crippen molar-refractivity contribution in [3.05, 3.63) is 54.0 Å². The van der Waals surface area contributed by atoms with E-state index in [0.29, 0.717) is 5.69 Å². The van der Waals surface area contributed by atoms with Gasteiger partial charge in [-0.3, -0.25) is 9.48 Å². The summed E-state index contributed by atoms with van der Waals surface area (Å²) in [4.78, 5) is 15.2. The Bertz CT molecular complexity index is 977. The van der Waals surface area contributed by atoms with Crippen molar-refractivity contribution in [1.29, 1.82) is 5.26 Å². The van der Waals surface area contributed by atoms with Crippen molar-refractivity contribution in [2.24, 2.45) is 7.05 Å². The Morgan fingerprint density at radius 1 is 1.40 bits per heavy atom. The van der Waals surface area contributed by atoms with Gasteiger partial charge in [-0.05, 0) is 25.0 Å². The second-order valence-corrected chi connectivity index (χ2v) is 6.44. The summed E-state index contributed by atoms with van der Waals surface area (Å²) in [6.07, 6.45) is 5.72. The fraction of sp³-hybridized carbons (Fsp3) is 0.316. The first kappa shape index (κ1) is 15.5. The zero-order valence-corrected chi connectivity index (χ0v) is 14.1. The lowest BCUT2D eigenvalue weighted by Gasteiger charge is -2.24. The summed E-state index contributed by atoms with van der Waals surface area (Å²) in [5.41, 5.74) is 2.57. The standard InChI is InChI=1S/C19H19N5O/c1-22-13-15(12-21-22)17-7-4-9-24(17)19(25)18-11-14-5-2-3-6-16(14)23(18)10-8-20/h2-3,5-6,11-13,17H,4,7,9-10H2,1H3/t17-/m0/s1. The summed E-state index contributed by atoms with van der Waals surface area (Å²) >= 11 is 0. The van der Waals surface area contributed by atoms with Crippen LogP contribution in [0.2, 0.25) is 0 Å². The third-order valence-corrected chi connectivity index (χ3v) is 4.88. The molecule has 0 saturated carbocycles. The van der Waals surface area contributed by atoms with E-state index < -0.39 is 0 Å². The van der Waals surface area contributed by atoms with E-state index in [1.54, 1.807) is 4.68 Å². The van der Waals surface area contributed by atoms with Crippen LogP contribution in [0.15, 0.2) is 42.7 Å². The average molecular weight is 333 g/mol. The highest BCUT2D eigenvalue weighted by Crippen LogP contribution is 2.33. The molecule has 4 rings (SSSR count). The molecule has 0 bridgehead atoms. The Morgan fingerprint density at radius 2 is 2.24 bits per heavy atom. The molecule has 1 aromatic carbocycles. The fourth-order valence-corrected chi connectivity index (χ4v) is 3.74. The second-order valence-electron chi connectivity index (χ2n) is 6.44. The van der Waals surface area contributed by atoms with Crippen LogP contribution in [0.3, 0.4) is 0 Å². The molecule has 1 atom stereocenters. The van der Waals surface area contributed by atoms with Crippen molar-refractivity contribution in [2.75, 3.05) is 6.54 Å². The van der Waals surface area contributed by atoms with E-state index in [-0.39, 0.29) is 18.5 Å². The van der Waals surface area contributed by atoms with E-state index in [1.807, 2.05) is 59.2 Å². The normalized spacial score (nSPS) is 17.1. The largest absolute Gasteiger partial charge is 0.330 e. The molecule has 6 nitrogen and oxygen atoms in total. The van der Waals surface area contributed by atoms with E-state index in [1.165, 1.54) is 0 Å². The predicted octanol–water partition coefficient (Wildman–Crippen LogP) is 2.88. The zero-order valence-electron chi connectivity index (χ0n) is 14.1. The van der Waals surface area contributed by atoms with Crippen LogP contribution in [-0.4, -0.2) is 31.7 Å². The lowest BCUT2D eigenvalue weighted by molar-refractivity contribution is 0.0726. The summed E-state index contributed by atoms with van der Waals surface area (Å²) in [6.45, 7) is 0.895. The van der Waals surface area contributed by atoms with Gasteiger partial charge in [0.1, 0.15) is 12.2 Å². The number of benzene rings is 1. The van der Waals surface area contributed by atoms with Gasteiger partial charge < -0.3 is 9.47 Å². The SMILES string of the molecule is Cn1cc([C@@H]2CCCN2C(=O)c2cc3ccccc3n2CC#N)cn1. The maximum Gasteiger partial charge on any atom is 0.271 e. The molecule has 0 unspecified atom stereocenters. The molecule has 1 amide bonds. The molecule has 25 heavy (non-hydrogen) atoms. The number of hydrogen-bond donors (Lipinski definition) is 0. The molecule has 0 N–H and O–H groups in total. The van der Waals surface area contributed by atoms with Crippen LogP contribution in [0.4, 0.5) is 0 Å².